The lowest BCUT2D eigenvalue weighted by atomic mass is 10.00. The van der Waals surface area contributed by atoms with E-state index in [1.165, 1.54) is 0 Å². The van der Waals surface area contributed by atoms with Gasteiger partial charge in [-0.05, 0) is 6.92 Å². The van der Waals surface area contributed by atoms with E-state index in [2.05, 4.69) is 0 Å². The zero-order valence-electron chi connectivity index (χ0n) is 5.90. The maximum Gasteiger partial charge on any atom is 0.107 e. The van der Waals surface area contributed by atoms with Gasteiger partial charge in [-0.25, -0.2) is 0 Å². The van der Waals surface area contributed by atoms with E-state index in [1.54, 1.807) is 6.92 Å². The molecule has 1 rings (SSSR count). The van der Waals surface area contributed by atoms with Gasteiger partial charge in [-0.15, -0.1) is 0 Å². The van der Waals surface area contributed by atoms with Gasteiger partial charge in [-0.2, -0.15) is 0 Å². The van der Waals surface area contributed by atoms with Crippen LogP contribution in [0.5, 0.6) is 0 Å². The lowest BCUT2D eigenvalue weighted by Crippen LogP contribution is -2.28. The van der Waals surface area contributed by atoms with E-state index in [9.17, 15) is 5.11 Å². The van der Waals surface area contributed by atoms with Crippen molar-refractivity contribution < 1.29 is 14.9 Å². The molecule has 2 N–H and O–H groups in total. The van der Waals surface area contributed by atoms with Crippen LogP contribution >= 0.6 is 0 Å². The van der Waals surface area contributed by atoms with E-state index >= 15 is 0 Å². The van der Waals surface area contributed by atoms with Gasteiger partial charge in [0.2, 0.25) is 0 Å². The topological polar surface area (TPSA) is 49.7 Å². The van der Waals surface area contributed by atoms with E-state index in [1.807, 2.05) is 0 Å². The SMILES string of the molecule is [CH]C1O[C@H](CO)[C@H](O)C1C. The molecule has 58 valence electrons. The molecular formula is C7H12O3. The van der Waals surface area contributed by atoms with Crippen LogP contribution in [0.4, 0.5) is 0 Å². The molecule has 0 aliphatic carbocycles. The number of rotatable bonds is 1. The van der Waals surface area contributed by atoms with E-state index in [0.29, 0.717) is 0 Å². The smallest absolute Gasteiger partial charge is 0.107 e. The van der Waals surface area contributed by atoms with E-state index < -0.39 is 18.3 Å². The highest BCUT2D eigenvalue weighted by atomic mass is 16.5. The molecule has 1 heterocycles. The second kappa shape index (κ2) is 2.86. The molecule has 3 nitrogen and oxygen atoms in total. The van der Waals surface area contributed by atoms with Crippen LogP contribution in [0.15, 0.2) is 0 Å². The first kappa shape index (κ1) is 7.98. The number of hydrogen-bond acceptors (Lipinski definition) is 3. The van der Waals surface area contributed by atoms with Crippen molar-refractivity contribution >= 4 is 0 Å². The molecule has 1 fully saturated rings. The van der Waals surface area contributed by atoms with Crippen LogP contribution in [0.3, 0.4) is 0 Å². The highest BCUT2D eigenvalue weighted by Gasteiger charge is 2.37. The van der Waals surface area contributed by atoms with Crippen LogP contribution in [0.25, 0.3) is 0 Å². The molecular weight excluding hydrogens is 132 g/mol. The first-order chi connectivity index (χ1) is 4.66. The number of hydrogen-bond donors (Lipinski definition) is 2. The third-order valence-electron chi connectivity index (χ3n) is 1.95. The number of aliphatic hydroxyl groups is 2. The van der Waals surface area contributed by atoms with Crippen LogP contribution in [-0.4, -0.2) is 35.1 Å². The molecule has 10 heavy (non-hydrogen) atoms. The number of ether oxygens (including phenoxy) is 1. The van der Waals surface area contributed by atoms with Gasteiger partial charge in [0.1, 0.15) is 6.10 Å². The normalized spacial score (nSPS) is 48.0. The summed E-state index contributed by atoms with van der Waals surface area (Å²) in [4.78, 5) is 0. The Hall–Kier alpha value is -0.120. The van der Waals surface area contributed by atoms with Crippen molar-refractivity contribution in [3.8, 4) is 0 Å². The summed E-state index contributed by atoms with van der Waals surface area (Å²) in [5.41, 5.74) is 0. The van der Waals surface area contributed by atoms with Gasteiger partial charge in [0.15, 0.2) is 0 Å². The molecule has 0 aromatic carbocycles. The van der Waals surface area contributed by atoms with Crippen LogP contribution in [0, 0.1) is 12.8 Å². The summed E-state index contributed by atoms with van der Waals surface area (Å²) in [6, 6.07) is 0. The van der Waals surface area contributed by atoms with Crippen molar-refractivity contribution in [2.75, 3.05) is 6.61 Å². The Balaban J connectivity index is 2.53. The molecule has 0 aromatic rings. The zero-order valence-corrected chi connectivity index (χ0v) is 5.90. The van der Waals surface area contributed by atoms with Gasteiger partial charge in [0, 0.05) is 5.92 Å². The van der Waals surface area contributed by atoms with Crippen LogP contribution in [-0.2, 0) is 4.74 Å². The van der Waals surface area contributed by atoms with Gasteiger partial charge in [0.25, 0.3) is 0 Å². The van der Waals surface area contributed by atoms with Crippen LogP contribution in [0.2, 0.25) is 0 Å². The first-order valence-electron chi connectivity index (χ1n) is 3.36. The highest BCUT2D eigenvalue weighted by Crippen LogP contribution is 2.25. The molecule has 1 aliphatic rings. The molecule has 3 heteroatoms. The summed E-state index contributed by atoms with van der Waals surface area (Å²) >= 11 is 0. The Morgan fingerprint density at radius 1 is 1.60 bits per heavy atom. The van der Waals surface area contributed by atoms with Gasteiger partial charge < -0.3 is 14.9 Å². The van der Waals surface area contributed by atoms with E-state index in [0.717, 1.165) is 0 Å². The molecule has 2 radical (unpaired) electrons. The van der Waals surface area contributed by atoms with Gasteiger partial charge in [0.05, 0.1) is 18.8 Å². The molecule has 2 unspecified atom stereocenters. The fourth-order valence-corrected chi connectivity index (χ4v) is 1.09. The maximum absolute atomic E-state index is 9.26. The van der Waals surface area contributed by atoms with Crippen molar-refractivity contribution in [1.82, 2.24) is 0 Å². The standard InChI is InChI=1S/C7H12O3/c1-4-5(2)10-6(3-8)7(4)9/h2,4-9H,3H2,1H3/t4?,5?,6-,7-/m1/s1. The van der Waals surface area contributed by atoms with Gasteiger partial charge in [-0.3, -0.25) is 0 Å². The summed E-state index contributed by atoms with van der Waals surface area (Å²) in [6.45, 7) is 7.07. The summed E-state index contributed by atoms with van der Waals surface area (Å²) in [5.74, 6) is -0.0860. The molecule has 0 aromatic heterocycles. The van der Waals surface area contributed by atoms with Crippen molar-refractivity contribution in [3.63, 3.8) is 0 Å². The Kier molecular flexibility index (Phi) is 2.28. The fraction of sp³-hybridized carbons (Fsp3) is 0.857. The second-order valence-corrected chi connectivity index (χ2v) is 2.67. The molecule has 1 saturated heterocycles. The largest absolute Gasteiger partial charge is 0.394 e. The van der Waals surface area contributed by atoms with Gasteiger partial charge >= 0.3 is 0 Å². The summed E-state index contributed by atoms with van der Waals surface area (Å²) in [5, 5.41) is 17.9. The zero-order chi connectivity index (χ0) is 7.72. The third-order valence-corrected chi connectivity index (χ3v) is 1.95. The monoisotopic (exact) mass is 144 g/mol. The predicted octanol–water partition coefficient (Wildman–Crippen LogP) is -0.546. The molecule has 0 bridgehead atoms. The molecule has 1 aliphatic heterocycles. The molecule has 0 spiro atoms. The van der Waals surface area contributed by atoms with Crippen molar-refractivity contribution in [3.05, 3.63) is 6.92 Å². The quantitative estimate of drug-likeness (QED) is 0.519. The van der Waals surface area contributed by atoms with Crippen molar-refractivity contribution in [2.24, 2.45) is 5.92 Å². The average Bonchev–Trinajstić information content (AvgIpc) is 2.17. The lowest BCUT2D eigenvalue weighted by Gasteiger charge is -2.11. The molecule has 0 amide bonds. The van der Waals surface area contributed by atoms with Crippen molar-refractivity contribution in [2.45, 2.75) is 25.2 Å². The Morgan fingerprint density at radius 3 is 2.40 bits per heavy atom. The summed E-state index contributed by atoms with van der Waals surface area (Å²) < 4.78 is 5.01. The minimum Gasteiger partial charge on any atom is -0.394 e. The Morgan fingerprint density at radius 2 is 2.20 bits per heavy atom. The second-order valence-electron chi connectivity index (χ2n) is 2.67. The van der Waals surface area contributed by atoms with E-state index in [4.69, 9.17) is 16.8 Å². The summed E-state index contributed by atoms with van der Waals surface area (Å²) in [6.07, 6.45) is -1.56. The predicted molar refractivity (Wildman–Crippen MR) is 35.2 cm³/mol. The van der Waals surface area contributed by atoms with E-state index in [-0.39, 0.29) is 12.5 Å². The third kappa shape index (κ3) is 1.17. The minimum atomic E-state index is -0.625. The molecule has 0 saturated carbocycles. The maximum atomic E-state index is 9.26. The lowest BCUT2D eigenvalue weighted by molar-refractivity contribution is -0.0115. The highest BCUT2D eigenvalue weighted by molar-refractivity contribution is 4.88. The minimum absolute atomic E-state index is 0.0860. The Labute approximate surface area is 60.6 Å². The molecule has 4 atom stereocenters. The number of aliphatic hydroxyl groups excluding tert-OH is 2. The Bertz CT molecular complexity index is 115. The summed E-state index contributed by atoms with van der Waals surface area (Å²) in [7, 11) is 0. The van der Waals surface area contributed by atoms with Crippen LogP contribution < -0.4 is 0 Å². The van der Waals surface area contributed by atoms with Crippen LogP contribution in [0.1, 0.15) is 6.92 Å². The first-order valence-corrected chi connectivity index (χ1v) is 3.36. The fourth-order valence-electron chi connectivity index (χ4n) is 1.09. The van der Waals surface area contributed by atoms with Gasteiger partial charge in [-0.1, -0.05) is 6.92 Å². The average molecular weight is 144 g/mol. The van der Waals surface area contributed by atoms with Crippen molar-refractivity contribution in [1.29, 1.82) is 0 Å².